The first kappa shape index (κ1) is 20.8. The van der Waals surface area contributed by atoms with Gasteiger partial charge in [-0.05, 0) is 45.3 Å². The van der Waals surface area contributed by atoms with E-state index in [4.69, 9.17) is 14.5 Å². The molecule has 3 heterocycles. The fourth-order valence-corrected chi connectivity index (χ4v) is 3.43. The zero-order valence-electron chi connectivity index (χ0n) is 18.2. The lowest BCUT2D eigenvalue weighted by atomic mass is 10.2. The Balaban J connectivity index is 1.82. The van der Waals surface area contributed by atoms with Crippen LogP contribution in [0, 0.1) is 6.92 Å². The number of likely N-dealkylation sites (N-methyl/N-ethyl adjacent to an activating group) is 1. The van der Waals surface area contributed by atoms with Crippen molar-refractivity contribution < 1.29 is 14.3 Å². The van der Waals surface area contributed by atoms with E-state index in [1.54, 1.807) is 19.2 Å². The minimum absolute atomic E-state index is 0.321. The molecule has 3 aromatic rings. The van der Waals surface area contributed by atoms with Crippen LogP contribution in [-0.4, -0.2) is 66.2 Å². The van der Waals surface area contributed by atoms with Gasteiger partial charge in [0.1, 0.15) is 17.9 Å². The van der Waals surface area contributed by atoms with Gasteiger partial charge in [0.2, 0.25) is 5.62 Å². The van der Waals surface area contributed by atoms with Gasteiger partial charge in [0.15, 0.2) is 11.5 Å². The van der Waals surface area contributed by atoms with Crippen molar-refractivity contribution in [2.24, 2.45) is 4.99 Å². The number of hydrogen-bond donors (Lipinski definition) is 1. The third kappa shape index (κ3) is 4.22. The van der Waals surface area contributed by atoms with E-state index in [9.17, 15) is 4.79 Å². The van der Waals surface area contributed by atoms with Gasteiger partial charge in [0.05, 0.1) is 12.7 Å². The number of nitrogens with zero attached hydrogens (tertiary/aromatic N) is 5. The Morgan fingerprint density at radius 3 is 2.84 bits per heavy atom. The van der Waals surface area contributed by atoms with Crippen LogP contribution in [0.2, 0.25) is 0 Å². The predicted octanol–water partition coefficient (Wildman–Crippen LogP) is 1.86. The van der Waals surface area contributed by atoms with Crippen LogP contribution < -0.4 is 20.4 Å². The third-order valence-corrected chi connectivity index (χ3v) is 5.06. The Bertz CT molecular complexity index is 1180. The molecular weight excluding hydrogens is 396 g/mol. The van der Waals surface area contributed by atoms with Crippen LogP contribution in [0.25, 0.3) is 10.9 Å². The predicted molar refractivity (Wildman–Crippen MR) is 118 cm³/mol. The number of methoxy groups -OCH3 is 1. The van der Waals surface area contributed by atoms with Crippen LogP contribution in [0.5, 0.6) is 11.5 Å². The summed E-state index contributed by atoms with van der Waals surface area (Å²) < 4.78 is 13.5. The summed E-state index contributed by atoms with van der Waals surface area (Å²) in [5, 5.41) is 4.26. The highest BCUT2D eigenvalue weighted by Crippen LogP contribution is 2.37. The maximum Gasteiger partial charge on any atom is 0.281 e. The van der Waals surface area contributed by atoms with Crippen LogP contribution >= 0.6 is 0 Å². The fraction of sp³-hybridized carbons (Fsp3) is 0.364. The van der Waals surface area contributed by atoms with Gasteiger partial charge in [-0.3, -0.25) is 14.3 Å². The molecular formula is C22H26N6O3. The summed E-state index contributed by atoms with van der Waals surface area (Å²) in [5.74, 6) is 1.59. The summed E-state index contributed by atoms with van der Waals surface area (Å²) in [7, 11) is 5.56. The summed E-state index contributed by atoms with van der Waals surface area (Å²) >= 11 is 0. The second-order valence-electron chi connectivity index (χ2n) is 7.59. The minimum atomic E-state index is -0.390. The Morgan fingerprint density at radius 2 is 2.13 bits per heavy atom. The number of fused-ring (bicyclic) bond motifs is 3. The van der Waals surface area contributed by atoms with Crippen molar-refractivity contribution in [1.82, 2.24) is 19.4 Å². The molecule has 1 aliphatic rings. The number of carbonyl (C=O) groups excluding carboxylic acids is 1. The van der Waals surface area contributed by atoms with Crippen LogP contribution in [0.3, 0.4) is 0 Å². The highest BCUT2D eigenvalue weighted by Gasteiger charge is 2.20. The molecule has 1 aromatic carbocycles. The van der Waals surface area contributed by atoms with Gasteiger partial charge in [0, 0.05) is 36.9 Å². The first-order valence-electron chi connectivity index (χ1n) is 10.1. The van der Waals surface area contributed by atoms with Gasteiger partial charge in [-0.1, -0.05) is 0 Å². The molecule has 0 fully saturated rings. The number of amides is 1. The molecule has 0 atom stereocenters. The van der Waals surface area contributed by atoms with Gasteiger partial charge >= 0.3 is 0 Å². The second kappa shape index (κ2) is 8.73. The number of hydrogen-bond acceptors (Lipinski definition) is 7. The van der Waals surface area contributed by atoms with Crippen molar-refractivity contribution in [2.45, 2.75) is 13.5 Å². The highest BCUT2D eigenvalue weighted by atomic mass is 16.5. The Morgan fingerprint density at radius 1 is 1.29 bits per heavy atom. The van der Waals surface area contributed by atoms with Crippen LogP contribution in [0.15, 0.2) is 35.5 Å². The van der Waals surface area contributed by atoms with Crippen molar-refractivity contribution in [3.05, 3.63) is 47.3 Å². The summed E-state index contributed by atoms with van der Waals surface area (Å²) in [5.41, 5.74) is 2.17. The fourth-order valence-electron chi connectivity index (χ4n) is 3.43. The average molecular weight is 422 g/mol. The number of aromatic nitrogens is 3. The van der Waals surface area contributed by atoms with E-state index in [2.05, 4.69) is 15.3 Å². The van der Waals surface area contributed by atoms with E-state index >= 15 is 0 Å². The molecule has 4 rings (SSSR count). The van der Waals surface area contributed by atoms with Gasteiger partial charge in [0.25, 0.3) is 5.91 Å². The maximum atomic E-state index is 12.7. The molecule has 1 aliphatic heterocycles. The third-order valence-electron chi connectivity index (χ3n) is 5.06. The molecule has 9 heteroatoms. The van der Waals surface area contributed by atoms with E-state index in [1.165, 1.54) is 6.20 Å². The molecule has 0 bridgehead atoms. The molecule has 2 aromatic heterocycles. The summed E-state index contributed by atoms with van der Waals surface area (Å²) in [6.07, 6.45) is 1.53. The van der Waals surface area contributed by atoms with Crippen LogP contribution in [-0.2, 0) is 6.54 Å². The first-order valence-corrected chi connectivity index (χ1v) is 10.1. The molecule has 1 N–H and O–H groups in total. The Kier molecular flexibility index (Phi) is 5.85. The van der Waals surface area contributed by atoms with Crippen molar-refractivity contribution >= 4 is 22.6 Å². The number of carbonyl (C=O) groups is 1. The molecule has 9 nitrogen and oxygen atoms in total. The normalized spacial score (nSPS) is 13.4. The van der Waals surface area contributed by atoms with E-state index in [-0.39, 0.29) is 0 Å². The minimum Gasteiger partial charge on any atom is -0.491 e. The molecule has 1 amide bonds. The Hall–Kier alpha value is -3.46. The van der Waals surface area contributed by atoms with E-state index in [0.29, 0.717) is 41.3 Å². The van der Waals surface area contributed by atoms with Crippen molar-refractivity contribution in [3.63, 3.8) is 0 Å². The monoisotopic (exact) mass is 422 g/mol. The summed E-state index contributed by atoms with van der Waals surface area (Å²) in [6, 6.07) is 7.35. The van der Waals surface area contributed by atoms with Crippen molar-refractivity contribution in [3.8, 4) is 11.5 Å². The molecule has 0 radical (unpaired) electrons. The van der Waals surface area contributed by atoms with E-state index in [1.807, 2.05) is 42.6 Å². The van der Waals surface area contributed by atoms with Crippen LogP contribution in [0.4, 0.5) is 5.82 Å². The molecule has 0 saturated carbocycles. The van der Waals surface area contributed by atoms with Gasteiger partial charge in [-0.2, -0.15) is 4.99 Å². The lowest BCUT2D eigenvalue weighted by Gasteiger charge is -2.16. The topological polar surface area (TPSA) is 93.9 Å². The van der Waals surface area contributed by atoms with Crippen LogP contribution in [0.1, 0.15) is 16.1 Å². The maximum absolute atomic E-state index is 12.7. The van der Waals surface area contributed by atoms with E-state index < -0.39 is 5.91 Å². The lowest BCUT2D eigenvalue weighted by Crippen LogP contribution is -2.25. The number of pyridine rings is 1. The zero-order valence-corrected chi connectivity index (χ0v) is 18.2. The molecule has 0 spiro atoms. The van der Waals surface area contributed by atoms with E-state index in [0.717, 1.165) is 30.0 Å². The smallest absolute Gasteiger partial charge is 0.281 e. The Labute approximate surface area is 180 Å². The summed E-state index contributed by atoms with van der Waals surface area (Å²) in [6.45, 7) is 4.56. The summed E-state index contributed by atoms with van der Waals surface area (Å²) in [4.78, 5) is 28.0. The average Bonchev–Trinajstić information content (AvgIpc) is 3.24. The van der Waals surface area contributed by atoms with Gasteiger partial charge in [-0.25, -0.2) is 4.98 Å². The zero-order chi connectivity index (χ0) is 22.0. The number of nitrogens with one attached hydrogen (secondary N) is 1. The molecule has 31 heavy (non-hydrogen) atoms. The second-order valence-corrected chi connectivity index (χ2v) is 7.59. The van der Waals surface area contributed by atoms with Gasteiger partial charge in [-0.15, -0.1) is 0 Å². The number of rotatable bonds is 6. The number of ether oxygens (including phenoxy) is 2. The molecule has 162 valence electrons. The lowest BCUT2D eigenvalue weighted by molar-refractivity contribution is 0.0996. The highest BCUT2D eigenvalue weighted by molar-refractivity contribution is 5.96. The number of aryl methyl sites for hydroxylation is 1. The SMILES string of the molecule is COc1c(OCCN(C)C)ccc2c3n(c(=NC(=O)c4ccc(C)nc4)nc12)CCN3. The molecule has 0 aliphatic carbocycles. The standard InChI is InChI=1S/C22H26N6O3/c1-14-5-6-15(13-24-14)21(29)26-22-25-18-16(20-23-9-10-28(20)22)7-8-17(19(18)30-4)31-12-11-27(2)3/h5-8,13,23H,9-12H2,1-4H3. The number of anilines is 1. The van der Waals surface area contributed by atoms with Gasteiger partial charge < -0.3 is 19.7 Å². The number of benzene rings is 1. The molecule has 0 saturated heterocycles. The molecule has 0 unspecified atom stereocenters. The largest absolute Gasteiger partial charge is 0.491 e. The van der Waals surface area contributed by atoms with Crippen molar-refractivity contribution in [2.75, 3.05) is 46.2 Å². The first-order chi connectivity index (χ1) is 15.0. The van der Waals surface area contributed by atoms with Crippen molar-refractivity contribution in [1.29, 1.82) is 0 Å². The quantitative estimate of drug-likeness (QED) is 0.648.